The van der Waals surface area contributed by atoms with Gasteiger partial charge in [-0.25, -0.2) is 8.42 Å². The van der Waals surface area contributed by atoms with E-state index in [0.29, 0.717) is 0 Å². The molecule has 0 aliphatic carbocycles. The van der Waals surface area contributed by atoms with Crippen molar-refractivity contribution in [2.45, 2.75) is 11.8 Å². The van der Waals surface area contributed by atoms with Crippen molar-refractivity contribution in [2.24, 2.45) is 0 Å². The summed E-state index contributed by atoms with van der Waals surface area (Å²) in [6, 6.07) is 6.08. The van der Waals surface area contributed by atoms with Crippen molar-refractivity contribution in [1.82, 2.24) is 5.32 Å². The molecule has 0 aromatic heterocycles. The number of benzene rings is 1. The van der Waals surface area contributed by atoms with Crippen LogP contribution in [0.3, 0.4) is 0 Å². The van der Waals surface area contributed by atoms with E-state index in [9.17, 15) is 13.2 Å². The number of rotatable bonds is 4. The van der Waals surface area contributed by atoms with Gasteiger partial charge in [-0.1, -0.05) is 25.0 Å². The zero-order valence-electron chi connectivity index (χ0n) is 9.43. The van der Waals surface area contributed by atoms with Crippen LogP contribution in [0.4, 0.5) is 0 Å². The molecule has 0 aliphatic rings. The first kappa shape index (κ1) is 13.3. The number of carbonyl (C=O) groups excluding carboxylic acids is 1. The Morgan fingerprint density at radius 3 is 2.65 bits per heavy atom. The molecule has 0 atom stereocenters. The number of nitrogens with one attached hydrogen (secondary N) is 1. The van der Waals surface area contributed by atoms with Gasteiger partial charge in [-0.15, -0.1) is 6.42 Å². The second kappa shape index (κ2) is 5.51. The van der Waals surface area contributed by atoms with Gasteiger partial charge in [-0.3, -0.25) is 4.79 Å². The molecule has 90 valence electrons. The smallest absolute Gasteiger partial charge is 0.253 e. The van der Waals surface area contributed by atoms with Crippen LogP contribution in [-0.4, -0.2) is 26.6 Å². The van der Waals surface area contributed by atoms with Crippen molar-refractivity contribution in [3.05, 3.63) is 29.8 Å². The normalized spacial score (nSPS) is 10.6. The molecule has 17 heavy (non-hydrogen) atoms. The van der Waals surface area contributed by atoms with Crippen LogP contribution in [0.1, 0.15) is 17.3 Å². The summed E-state index contributed by atoms with van der Waals surface area (Å²) in [7, 11) is -3.41. The van der Waals surface area contributed by atoms with E-state index in [4.69, 9.17) is 6.42 Å². The van der Waals surface area contributed by atoms with E-state index in [-0.39, 0.29) is 22.8 Å². The molecular weight excluding hydrogens is 238 g/mol. The molecule has 0 saturated carbocycles. The van der Waals surface area contributed by atoms with Crippen LogP contribution >= 0.6 is 0 Å². The van der Waals surface area contributed by atoms with Crippen LogP contribution in [-0.2, 0) is 9.84 Å². The predicted octanol–water partition coefficient (Wildman–Crippen LogP) is 0.843. The first-order chi connectivity index (χ1) is 8.03. The van der Waals surface area contributed by atoms with E-state index >= 15 is 0 Å². The predicted molar refractivity (Wildman–Crippen MR) is 65.3 cm³/mol. The van der Waals surface area contributed by atoms with E-state index in [1.165, 1.54) is 19.1 Å². The molecule has 0 aliphatic heterocycles. The Bertz CT molecular complexity index is 555. The Balaban J connectivity index is 3.18. The molecule has 5 heteroatoms. The van der Waals surface area contributed by atoms with Gasteiger partial charge in [0.25, 0.3) is 5.91 Å². The van der Waals surface area contributed by atoms with Crippen molar-refractivity contribution in [3.63, 3.8) is 0 Å². The highest BCUT2D eigenvalue weighted by molar-refractivity contribution is 7.91. The fraction of sp³-hybridized carbons (Fsp3) is 0.250. The number of carbonyl (C=O) groups is 1. The number of hydrogen-bond acceptors (Lipinski definition) is 3. The summed E-state index contributed by atoms with van der Waals surface area (Å²) in [4.78, 5) is 11.8. The fourth-order valence-corrected chi connectivity index (χ4v) is 2.40. The van der Waals surface area contributed by atoms with E-state index in [1.54, 1.807) is 12.1 Å². The average Bonchev–Trinajstić information content (AvgIpc) is 2.36. The van der Waals surface area contributed by atoms with Gasteiger partial charge >= 0.3 is 0 Å². The molecular formula is C12H13NO3S. The molecule has 1 rings (SSSR count). The topological polar surface area (TPSA) is 63.2 Å². The van der Waals surface area contributed by atoms with Crippen molar-refractivity contribution in [1.29, 1.82) is 0 Å². The molecule has 0 unspecified atom stereocenters. The Morgan fingerprint density at radius 1 is 1.41 bits per heavy atom. The van der Waals surface area contributed by atoms with Gasteiger partial charge in [0.2, 0.25) is 0 Å². The van der Waals surface area contributed by atoms with Gasteiger partial charge in [0, 0.05) is 0 Å². The second-order valence-corrected chi connectivity index (χ2v) is 5.53. The maximum atomic E-state index is 11.8. The number of amides is 1. The number of terminal acetylenes is 1. The molecule has 0 bridgehead atoms. The Hall–Kier alpha value is -1.80. The molecule has 0 saturated heterocycles. The summed E-state index contributed by atoms with van der Waals surface area (Å²) in [5, 5.41) is 2.45. The lowest BCUT2D eigenvalue weighted by Crippen LogP contribution is -2.25. The molecule has 1 aromatic rings. The summed E-state index contributed by atoms with van der Waals surface area (Å²) in [6.07, 6.45) is 5.02. The van der Waals surface area contributed by atoms with E-state index in [1.807, 2.05) is 0 Å². The molecule has 0 fully saturated rings. The minimum absolute atomic E-state index is 0.0389. The van der Waals surface area contributed by atoms with Crippen LogP contribution in [0.25, 0.3) is 0 Å². The van der Waals surface area contributed by atoms with Crippen molar-refractivity contribution < 1.29 is 13.2 Å². The molecule has 0 radical (unpaired) electrons. The van der Waals surface area contributed by atoms with Gasteiger partial charge < -0.3 is 5.32 Å². The molecule has 0 heterocycles. The third-order valence-electron chi connectivity index (χ3n) is 2.20. The van der Waals surface area contributed by atoms with Crippen molar-refractivity contribution >= 4 is 15.7 Å². The van der Waals surface area contributed by atoms with E-state index < -0.39 is 15.7 Å². The lowest BCUT2D eigenvalue weighted by atomic mass is 10.2. The highest BCUT2D eigenvalue weighted by Gasteiger charge is 2.19. The first-order valence-electron chi connectivity index (χ1n) is 5.06. The molecule has 4 nitrogen and oxygen atoms in total. The highest BCUT2D eigenvalue weighted by atomic mass is 32.2. The zero-order valence-corrected chi connectivity index (χ0v) is 10.3. The van der Waals surface area contributed by atoms with Crippen molar-refractivity contribution in [2.75, 3.05) is 12.3 Å². The fourth-order valence-electron chi connectivity index (χ4n) is 1.31. The van der Waals surface area contributed by atoms with Gasteiger partial charge in [-0.2, -0.15) is 0 Å². The zero-order chi connectivity index (χ0) is 12.9. The summed E-state index contributed by atoms with van der Waals surface area (Å²) in [6.45, 7) is 1.60. The number of sulfone groups is 1. The maximum Gasteiger partial charge on any atom is 0.253 e. The standard InChI is InChI=1S/C12H13NO3S/c1-3-9-13-12(14)10-7-5-6-8-11(10)17(15,16)4-2/h1,5-8H,4,9H2,2H3,(H,13,14). The minimum Gasteiger partial charge on any atom is -0.341 e. The lowest BCUT2D eigenvalue weighted by molar-refractivity contribution is 0.0955. The SMILES string of the molecule is C#CCNC(=O)c1ccccc1S(=O)(=O)CC. The average molecular weight is 251 g/mol. The van der Waals surface area contributed by atoms with Gasteiger partial charge in [0.1, 0.15) is 0 Å². The quantitative estimate of drug-likeness (QED) is 0.807. The monoisotopic (exact) mass is 251 g/mol. The molecule has 1 N–H and O–H groups in total. The molecule has 1 amide bonds. The Morgan fingerprint density at radius 2 is 2.06 bits per heavy atom. The van der Waals surface area contributed by atoms with E-state index in [2.05, 4.69) is 11.2 Å². The largest absolute Gasteiger partial charge is 0.341 e. The molecule has 1 aromatic carbocycles. The van der Waals surface area contributed by atoms with Crippen LogP contribution in [0.15, 0.2) is 29.2 Å². The third kappa shape index (κ3) is 3.08. The Kier molecular flexibility index (Phi) is 4.30. The summed E-state index contributed by atoms with van der Waals surface area (Å²) < 4.78 is 23.6. The minimum atomic E-state index is -3.41. The Labute approximate surface area is 101 Å². The first-order valence-corrected chi connectivity index (χ1v) is 6.71. The van der Waals surface area contributed by atoms with Crippen molar-refractivity contribution in [3.8, 4) is 12.3 Å². The van der Waals surface area contributed by atoms with Gasteiger partial charge in [0.15, 0.2) is 9.84 Å². The highest BCUT2D eigenvalue weighted by Crippen LogP contribution is 2.16. The number of hydrogen-bond donors (Lipinski definition) is 1. The third-order valence-corrected chi connectivity index (χ3v) is 3.98. The van der Waals surface area contributed by atoms with E-state index in [0.717, 1.165) is 0 Å². The second-order valence-electron chi connectivity index (χ2n) is 3.29. The summed E-state index contributed by atoms with van der Waals surface area (Å²) in [5.74, 6) is 1.73. The van der Waals surface area contributed by atoms with Crippen LogP contribution < -0.4 is 5.32 Å². The lowest BCUT2D eigenvalue weighted by Gasteiger charge is -2.08. The van der Waals surface area contributed by atoms with Crippen LogP contribution in [0.5, 0.6) is 0 Å². The van der Waals surface area contributed by atoms with Gasteiger partial charge in [0.05, 0.1) is 22.8 Å². The summed E-state index contributed by atoms with van der Waals surface area (Å²) >= 11 is 0. The van der Waals surface area contributed by atoms with Crippen LogP contribution in [0.2, 0.25) is 0 Å². The molecule has 0 spiro atoms. The van der Waals surface area contributed by atoms with Gasteiger partial charge in [-0.05, 0) is 12.1 Å². The summed E-state index contributed by atoms with van der Waals surface area (Å²) in [5.41, 5.74) is 0.129. The van der Waals surface area contributed by atoms with Crippen LogP contribution in [0, 0.1) is 12.3 Å². The maximum absolute atomic E-state index is 11.8.